The van der Waals surface area contributed by atoms with E-state index in [9.17, 15) is 0 Å². The molecule has 0 bridgehead atoms. The van der Waals surface area contributed by atoms with E-state index < -0.39 is 0 Å². The van der Waals surface area contributed by atoms with Crippen molar-refractivity contribution in [3.05, 3.63) is 332 Å². The maximum absolute atomic E-state index is 8.63. The summed E-state index contributed by atoms with van der Waals surface area (Å²) in [5.41, 5.74) is 5.08. The van der Waals surface area contributed by atoms with Crippen LogP contribution in [0.15, 0.2) is 309 Å². The maximum atomic E-state index is 8.63. The van der Waals surface area contributed by atoms with Crippen molar-refractivity contribution in [2.75, 3.05) is 78.2 Å². The molecular weight excluding hydrogens is 1410 g/mol. The molecule has 11 aromatic carbocycles. The highest BCUT2D eigenvalue weighted by molar-refractivity contribution is 5.50. The van der Waals surface area contributed by atoms with Gasteiger partial charge in [0.05, 0.1) is 0 Å². The third-order valence-corrected chi connectivity index (χ3v) is 10.4. The van der Waals surface area contributed by atoms with Gasteiger partial charge in [-0.2, -0.15) is 0 Å². The van der Waals surface area contributed by atoms with Gasteiger partial charge in [0.15, 0.2) is 0 Å². The van der Waals surface area contributed by atoms with Gasteiger partial charge in [-0.3, -0.25) is 0 Å². The van der Waals surface area contributed by atoms with Crippen LogP contribution in [0.4, 0.5) is 0 Å². The highest BCUT2D eigenvalue weighted by atomic mass is 16.5. The van der Waals surface area contributed by atoms with Crippen molar-refractivity contribution in [1.29, 1.82) is 0 Å². The number of aliphatic hydroxyl groups excluding tert-OH is 11. The van der Waals surface area contributed by atoms with Gasteiger partial charge in [-0.05, 0) is 131 Å². The maximum Gasteiger partial charge on any atom is 0.130 e. The van der Waals surface area contributed by atoms with E-state index in [2.05, 4.69) is 104 Å². The zero-order valence-electron chi connectivity index (χ0n) is 69.1. The zero-order chi connectivity index (χ0) is 87.4. The minimum atomic E-state index is 0.322. The second-order valence-electron chi connectivity index (χ2n) is 19.2. The molecule has 2 aliphatic heterocycles. The van der Waals surface area contributed by atoms with Gasteiger partial charge in [0.25, 0.3) is 0 Å². The van der Waals surface area contributed by atoms with Crippen LogP contribution in [-0.4, -0.2) is 170 Å². The fraction of sp³-hybridized carbons (Fsp3) is 0.275. The van der Waals surface area contributed by atoms with E-state index in [-0.39, 0.29) is 0 Å². The van der Waals surface area contributed by atoms with Gasteiger partial charge < -0.3 is 101 Å². The second-order valence-corrected chi connectivity index (χ2v) is 19.2. The summed E-state index contributed by atoms with van der Waals surface area (Å²) in [6.45, 7) is 17.0. The van der Waals surface area contributed by atoms with Gasteiger partial charge in [-0.1, -0.05) is 281 Å². The molecule has 0 aliphatic carbocycles. The van der Waals surface area contributed by atoms with E-state index in [1.54, 1.807) is 170 Å². The molecular formula is C91H138O20. The molecule has 2 aliphatic rings. The SMILES string of the molecule is CCC.CCC.CCC.CCC.CO.CO.CO.CO.CO.CO.CO.CO.CO.CO.CO.Oc1ccccc1.Oc1ccccc1.Oc1ccccc1.Oc1ccccc1.Oc1ccccc1.Oc1ccccc1.Oc1ccccc1.c1ccc2c(c1)Cc1ccccc1O2.c1ccc2c(c1)Cc1ccccc1O2. The van der Waals surface area contributed by atoms with Crippen molar-refractivity contribution < 1.29 is 101 Å². The first kappa shape index (κ1) is 124. The molecule has 0 fully saturated rings. The molecule has 20 heteroatoms. The Labute approximate surface area is 665 Å². The van der Waals surface area contributed by atoms with Crippen LogP contribution in [0.25, 0.3) is 0 Å². The minimum Gasteiger partial charge on any atom is -0.508 e. The van der Waals surface area contributed by atoms with Gasteiger partial charge in [-0.15, -0.1) is 0 Å². The molecule has 18 N–H and O–H groups in total. The number of fused-ring (bicyclic) bond motifs is 4. The molecule has 622 valence electrons. The lowest BCUT2D eigenvalue weighted by Crippen LogP contribution is -2.01. The van der Waals surface area contributed by atoms with Crippen molar-refractivity contribution in [3.8, 4) is 63.2 Å². The van der Waals surface area contributed by atoms with Gasteiger partial charge in [0, 0.05) is 91.0 Å². The minimum absolute atomic E-state index is 0.322. The van der Waals surface area contributed by atoms with E-state index >= 15 is 0 Å². The molecule has 0 radical (unpaired) electrons. The standard InChI is InChI=1S/2C13H10O.7C6H6O.4C3H8.11CH4O/c2*1-3-7-12-10(5-1)9-11-6-2-4-8-13(11)14-12;7*7-6-4-2-1-3-5-6;4*1-3-2;11*1-2/h2*1-8H,9H2;7*1-5,7H;4*3H2,1-2H3;11*2H,1H3. The average molecular weight is 1550 g/mol. The molecule has 111 heavy (non-hydrogen) atoms. The number of ether oxygens (including phenoxy) is 2. The Morgan fingerprint density at radius 2 is 0.252 bits per heavy atom. The number of aromatic hydroxyl groups is 7. The van der Waals surface area contributed by atoms with Gasteiger partial charge in [0.2, 0.25) is 0 Å². The molecule has 0 unspecified atom stereocenters. The normalized spacial score (nSPS) is 8.20. The van der Waals surface area contributed by atoms with E-state index in [4.69, 9.17) is 101 Å². The highest BCUT2D eigenvalue weighted by Gasteiger charge is 2.16. The first-order chi connectivity index (χ1) is 54.3. The topological polar surface area (TPSA) is 383 Å². The molecule has 11 aromatic rings. The zero-order valence-corrected chi connectivity index (χ0v) is 69.1. The second kappa shape index (κ2) is 110. The molecule has 20 nitrogen and oxygen atoms in total. The predicted molar refractivity (Wildman–Crippen MR) is 462 cm³/mol. The summed E-state index contributed by atoms with van der Waals surface area (Å²) in [7, 11) is 11.0. The first-order valence-electron chi connectivity index (χ1n) is 35.1. The van der Waals surface area contributed by atoms with Crippen LogP contribution < -0.4 is 9.47 Å². The Balaban J connectivity index is -0.000000108. The number of aliphatic hydroxyl groups is 11. The van der Waals surface area contributed by atoms with E-state index in [0.29, 0.717) is 40.2 Å². The Morgan fingerprint density at radius 1 is 0.162 bits per heavy atom. The predicted octanol–water partition coefficient (Wildman–Crippen LogP) is 17.9. The molecule has 0 spiro atoms. The van der Waals surface area contributed by atoms with Crippen LogP contribution in [0.5, 0.6) is 63.2 Å². The first-order valence-corrected chi connectivity index (χ1v) is 35.1. The Morgan fingerprint density at radius 3 is 0.342 bits per heavy atom. The lowest BCUT2D eigenvalue weighted by molar-refractivity contribution is 0.399. The average Bonchev–Trinajstić information content (AvgIpc) is 0.818. The summed E-state index contributed by atoms with van der Waals surface area (Å²) in [5.74, 6) is 6.22. The highest BCUT2D eigenvalue weighted by Crippen LogP contribution is 2.37. The lowest BCUT2D eigenvalue weighted by atomic mass is 10.0. The Kier molecular flexibility index (Phi) is 123. The van der Waals surface area contributed by atoms with Gasteiger partial charge >= 0.3 is 0 Å². The molecule has 0 aromatic heterocycles. The summed E-state index contributed by atoms with van der Waals surface area (Å²) in [5, 5.41) is 137. The van der Waals surface area contributed by atoms with Crippen LogP contribution in [-0.2, 0) is 12.8 Å². The summed E-state index contributed by atoms with van der Waals surface area (Å²) in [4.78, 5) is 0. The fourth-order valence-electron chi connectivity index (χ4n) is 6.64. The van der Waals surface area contributed by atoms with Crippen molar-refractivity contribution in [2.24, 2.45) is 0 Å². The summed E-state index contributed by atoms with van der Waals surface area (Å²) >= 11 is 0. The number of phenolic OH excluding ortho intramolecular Hbond substituents is 7. The Bertz CT molecular complexity index is 2710. The van der Waals surface area contributed by atoms with Crippen LogP contribution in [0.3, 0.4) is 0 Å². The van der Waals surface area contributed by atoms with Crippen LogP contribution in [0, 0.1) is 0 Å². The Hall–Kier alpha value is -10.8. The van der Waals surface area contributed by atoms with E-state index in [0.717, 1.165) is 114 Å². The smallest absolute Gasteiger partial charge is 0.130 e. The van der Waals surface area contributed by atoms with Crippen molar-refractivity contribution in [1.82, 2.24) is 0 Å². The number of hydrogen-bond donors (Lipinski definition) is 18. The van der Waals surface area contributed by atoms with Crippen LogP contribution >= 0.6 is 0 Å². The summed E-state index contributed by atoms with van der Waals surface area (Å²) in [6, 6.07) is 93.8. The van der Waals surface area contributed by atoms with Crippen molar-refractivity contribution >= 4 is 0 Å². The van der Waals surface area contributed by atoms with Crippen molar-refractivity contribution in [3.63, 3.8) is 0 Å². The van der Waals surface area contributed by atoms with E-state index in [1.165, 1.54) is 47.9 Å². The molecule has 0 amide bonds. The third-order valence-electron chi connectivity index (χ3n) is 10.4. The number of phenols is 7. The largest absolute Gasteiger partial charge is 0.508 e. The summed E-state index contributed by atoms with van der Waals surface area (Å²) < 4.78 is 11.6. The van der Waals surface area contributed by atoms with Gasteiger partial charge in [0.1, 0.15) is 63.2 Å². The van der Waals surface area contributed by atoms with Crippen LogP contribution in [0.2, 0.25) is 0 Å². The molecule has 13 rings (SSSR count). The lowest BCUT2D eigenvalue weighted by Gasteiger charge is -2.19. The number of para-hydroxylation sites is 11. The van der Waals surface area contributed by atoms with E-state index in [1.807, 2.05) is 91.0 Å². The molecule has 0 atom stereocenters. The molecule has 2 heterocycles. The van der Waals surface area contributed by atoms with Crippen molar-refractivity contribution in [2.45, 2.75) is 93.9 Å². The van der Waals surface area contributed by atoms with Gasteiger partial charge in [-0.25, -0.2) is 0 Å². The number of benzene rings is 11. The van der Waals surface area contributed by atoms with Crippen LogP contribution in [0.1, 0.15) is 103 Å². The molecule has 0 saturated heterocycles. The third kappa shape index (κ3) is 84.7. The quantitative estimate of drug-likeness (QED) is 0.0670. The summed E-state index contributed by atoms with van der Waals surface area (Å²) in [6.07, 6.45) is 6.96. The molecule has 0 saturated carbocycles. The monoisotopic (exact) mass is 1550 g/mol. The number of rotatable bonds is 0. The fourth-order valence-corrected chi connectivity index (χ4v) is 6.64. The number of hydrogen-bond acceptors (Lipinski definition) is 20.